The maximum absolute atomic E-state index is 12.3. The third-order valence-electron chi connectivity index (χ3n) is 12.3. The topological polar surface area (TPSA) is 72.8 Å². The fourth-order valence-corrected chi connectivity index (χ4v) is 8.68. The van der Waals surface area contributed by atoms with Crippen LogP contribution in [0.5, 0.6) is 11.5 Å². The van der Waals surface area contributed by atoms with Crippen molar-refractivity contribution in [3.8, 4) is 11.5 Å². The van der Waals surface area contributed by atoms with Crippen LogP contribution in [0.2, 0.25) is 0 Å². The summed E-state index contributed by atoms with van der Waals surface area (Å²) in [6, 6.07) is 13.7. The van der Waals surface area contributed by atoms with E-state index in [0.29, 0.717) is 17.6 Å². The van der Waals surface area contributed by atoms with Crippen LogP contribution in [-0.4, -0.2) is 22.6 Å². The summed E-state index contributed by atoms with van der Waals surface area (Å²) in [4.78, 5) is 23.6. The summed E-state index contributed by atoms with van der Waals surface area (Å²) in [6.45, 7) is 21.0. The van der Waals surface area contributed by atoms with Crippen LogP contribution < -0.4 is 4.74 Å². The predicted molar refractivity (Wildman–Crippen MR) is 231 cm³/mol. The van der Waals surface area contributed by atoms with E-state index in [0.717, 1.165) is 47.5 Å². The summed E-state index contributed by atoms with van der Waals surface area (Å²) in [6.07, 6.45) is 10.2. The van der Waals surface area contributed by atoms with Gasteiger partial charge >= 0.3 is 11.9 Å². The number of ether oxygens (including phenoxy) is 2. The number of phenols is 1. The van der Waals surface area contributed by atoms with Crippen molar-refractivity contribution in [1.29, 1.82) is 0 Å². The van der Waals surface area contributed by atoms with Gasteiger partial charge < -0.3 is 14.6 Å². The number of carbonyl (C=O) groups excluding carboxylic acids is 2. The van der Waals surface area contributed by atoms with Crippen LogP contribution in [0.3, 0.4) is 0 Å². The summed E-state index contributed by atoms with van der Waals surface area (Å²) < 4.78 is 11.2. The summed E-state index contributed by atoms with van der Waals surface area (Å²) >= 11 is 0. The molecule has 1 N–H and O–H groups in total. The smallest absolute Gasteiger partial charge is 0.314 e. The molecule has 0 amide bonds. The lowest BCUT2D eigenvalue weighted by molar-refractivity contribution is -0.201. The summed E-state index contributed by atoms with van der Waals surface area (Å²) in [7, 11) is 0. The van der Waals surface area contributed by atoms with E-state index in [-0.39, 0.29) is 85.3 Å². The summed E-state index contributed by atoms with van der Waals surface area (Å²) in [5, 5.41) is 9.66. The van der Waals surface area contributed by atoms with Crippen molar-refractivity contribution in [1.82, 2.24) is 0 Å². The monoisotopic (exact) mass is 743 g/mol. The number of benzene rings is 2. The number of carbonyl (C=O) groups is 2. The number of hydrogen-bond acceptors (Lipinski definition) is 5. The molecule has 2 aromatic rings. The number of fused-ring (bicyclic) bond motifs is 1. The van der Waals surface area contributed by atoms with Gasteiger partial charge in [0.2, 0.25) is 0 Å². The second kappa shape index (κ2) is 22.5. The van der Waals surface area contributed by atoms with E-state index in [4.69, 9.17) is 9.47 Å². The summed E-state index contributed by atoms with van der Waals surface area (Å²) in [5.74, 6) is 4.97. The quantitative estimate of drug-likeness (QED) is 0.226. The maximum atomic E-state index is 12.3. The molecule has 7 rings (SSSR count). The van der Waals surface area contributed by atoms with Crippen molar-refractivity contribution in [2.24, 2.45) is 35.0 Å². The molecule has 4 saturated carbocycles. The van der Waals surface area contributed by atoms with E-state index in [1.807, 2.05) is 50.2 Å². The van der Waals surface area contributed by atoms with E-state index in [9.17, 15) is 14.7 Å². The van der Waals surface area contributed by atoms with Crippen LogP contribution in [0.1, 0.15) is 200 Å². The molecule has 53 heavy (non-hydrogen) atoms. The van der Waals surface area contributed by atoms with Crippen molar-refractivity contribution in [3.05, 3.63) is 59.2 Å². The zero-order valence-corrected chi connectivity index (χ0v) is 30.9. The Morgan fingerprint density at radius 1 is 0.830 bits per heavy atom. The molecule has 308 valence electrons. The molecular formula is C48H86O5. The zero-order chi connectivity index (χ0) is 34.7. The first-order valence-corrected chi connectivity index (χ1v) is 18.5. The second-order valence-electron chi connectivity index (χ2n) is 16.3. The molecule has 4 aliphatic carbocycles. The minimum Gasteiger partial charge on any atom is -0.508 e. The lowest BCUT2D eigenvalue weighted by Crippen LogP contribution is -2.57. The highest BCUT2D eigenvalue weighted by Crippen LogP contribution is 2.64. The van der Waals surface area contributed by atoms with E-state index >= 15 is 0 Å². The van der Waals surface area contributed by atoms with Gasteiger partial charge in [-0.1, -0.05) is 130 Å². The number of para-hydroxylation sites is 1. The third kappa shape index (κ3) is 12.3. The van der Waals surface area contributed by atoms with Crippen LogP contribution in [0.15, 0.2) is 42.5 Å². The van der Waals surface area contributed by atoms with Crippen LogP contribution in [0, 0.1) is 35.0 Å². The van der Waals surface area contributed by atoms with Crippen LogP contribution in [-0.2, 0) is 14.3 Å². The van der Waals surface area contributed by atoms with E-state index in [2.05, 4.69) is 61.5 Å². The molecule has 0 spiro atoms. The Morgan fingerprint density at radius 3 is 1.81 bits per heavy atom. The van der Waals surface area contributed by atoms with E-state index in [1.165, 1.54) is 44.1 Å². The molecular weight excluding hydrogens is 657 g/mol. The first-order chi connectivity index (χ1) is 22.1. The number of rotatable bonds is 7. The number of hydrogen-bond donors (Lipinski definition) is 1. The number of aromatic hydroxyl groups is 1. The average Bonchev–Trinajstić information content (AvgIpc) is 3.02. The Morgan fingerprint density at radius 2 is 1.34 bits per heavy atom. The highest BCUT2D eigenvalue weighted by atomic mass is 16.6. The Balaban J connectivity index is -0.000000688. The lowest BCUT2D eigenvalue weighted by Gasteiger charge is -2.61. The van der Waals surface area contributed by atoms with Crippen molar-refractivity contribution >= 4 is 11.9 Å². The van der Waals surface area contributed by atoms with Crippen molar-refractivity contribution in [2.45, 2.75) is 189 Å². The van der Waals surface area contributed by atoms with Gasteiger partial charge in [-0.25, -0.2) is 0 Å². The second-order valence-corrected chi connectivity index (χ2v) is 16.3. The van der Waals surface area contributed by atoms with Gasteiger partial charge in [-0.2, -0.15) is 0 Å². The van der Waals surface area contributed by atoms with Crippen molar-refractivity contribution < 1.29 is 24.2 Å². The van der Waals surface area contributed by atoms with Crippen LogP contribution >= 0.6 is 0 Å². The molecule has 0 radical (unpaired) electrons. The minimum absolute atomic E-state index is 0. The van der Waals surface area contributed by atoms with Gasteiger partial charge in [0.05, 0.1) is 11.8 Å². The molecule has 4 unspecified atom stereocenters. The molecule has 0 saturated heterocycles. The number of esters is 2. The van der Waals surface area contributed by atoms with Gasteiger partial charge in [0.25, 0.3) is 0 Å². The Bertz CT molecular complexity index is 1340. The van der Waals surface area contributed by atoms with E-state index in [1.54, 1.807) is 0 Å². The lowest BCUT2D eigenvalue weighted by atomic mass is 9.46. The largest absolute Gasteiger partial charge is 0.508 e. The highest BCUT2D eigenvalue weighted by Gasteiger charge is 2.58. The molecule has 1 heterocycles. The molecule has 1 aliphatic heterocycles. The van der Waals surface area contributed by atoms with E-state index < -0.39 is 0 Å². The van der Waals surface area contributed by atoms with Crippen molar-refractivity contribution in [3.63, 3.8) is 0 Å². The fraction of sp³-hybridized carbons (Fsp3) is 0.708. The normalized spacial score (nSPS) is 25.3. The molecule has 4 atom stereocenters. The Hall–Kier alpha value is -2.82. The van der Waals surface area contributed by atoms with Gasteiger partial charge in [0, 0.05) is 5.41 Å². The van der Waals surface area contributed by atoms with Gasteiger partial charge in [0.1, 0.15) is 17.1 Å². The minimum atomic E-state index is -0.288. The molecule has 0 aromatic heterocycles. The highest BCUT2D eigenvalue weighted by molar-refractivity contribution is 5.78. The molecule has 4 fully saturated rings. The Labute approximate surface area is 329 Å². The van der Waals surface area contributed by atoms with Crippen LogP contribution in [0.25, 0.3) is 0 Å². The van der Waals surface area contributed by atoms with Crippen LogP contribution in [0.4, 0.5) is 0 Å². The van der Waals surface area contributed by atoms with Gasteiger partial charge in [-0.15, -0.1) is 0 Å². The van der Waals surface area contributed by atoms with Gasteiger partial charge in [0.15, 0.2) is 0 Å². The molecule has 4 bridgehead atoms. The SMILES string of the molecule is C.C.C.C.C.C.CC1C(=O)Oc2ccccc2C1C.CCC(C)C(=O)OC(C)(C)C12CC3CC(CC(C3)C1)C2.CCC(C)c1ccc(O)c(C(C)C)c1. The molecule has 5 heteroatoms. The Kier molecular flexibility index (Phi) is 23.2. The number of phenolic OH excluding ortho intramolecular Hbond substituents is 1. The first kappa shape index (κ1) is 54.5. The molecule has 5 aliphatic rings. The van der Waals surface area contributed by atoms with Crippen molar-refractivity contribution in [2.75, 3.05) is 0 Å². The molecule has 5 nitrogen and oxygen atoms in total. The first-order valence-electron chi connectivity index (χ1n) is 18.5. The third-order valence-corrected chi connectivity index (χ3v) is 12.3. The standard InChI is InChI=1S/C18H30O2.C13H20O.C11H12O2.6CH4/c1-5-12(2)16(19)20-17(3,4)18-9-13-6-14(10-18)8-15(7-13)11-18;1-5-10(4)11-6-7-13(14)12(8-11)9(2)3;1-7-8(2)11(12)13-10-6-4-3-5-9(7)10;;;;;;/h12-15H,5-11H2,1-4H3;6-10,14H,5H2,1-4H3;3-8H,1-2H3;6*1H4. The van der Waals surface area contributed by atoms with Gasteiger partial charge in [-0.3, -0.25) is 9.59 Å². The fourth-order valence-electron chi connectivity index (χ4n) is 8.68. The average molecular weight is 743 g/mol. The van der Waals surface area contributed by atoms with Gasteiger partial charge in [-0.05, 0) is 130 Å². The summed E-state index contributed by atoms with van der Waals surface area (Å²) in [5.41, 5.74) is 3.50. The zero-order valence-electron chi connectivity index (χ0n) is 30.9. The predicted octanol–water partition coefficient (Wildman–Crippen LogP) is 14.8. The molecule has 2 aromatic carbocycles. The maximum Gasteiger partial charge on any atom is 0.314 e.